The minimum atomic E-state index is 0.672. The van der Waals surface area contributed by atoms with Gasteiger partial charge in [0.05, 0.1) is 0 Å². The molecule has 0 saturated heterocycles. The monoisotopic (exact) mass is 238 g/mol. The van der Waals surface area contributed by atoms with Gasteiger partial charge in [-0.3, -0.25) is 0 Å². The summed E-state index contributed by atoms with van der Waals surface area (Å²) in [7, 11) is 0. The summed E-state index contributed by atoms with van der Waals surface area (Å²) in [6, 6.07) is 8.22. The smallest absolute Gasteiger partial charge is 0.0467 e. The Morgan fingerprint density at radius 1 is 1.31 bits per heavy atom. The molecule has 1 aromatic heterocycles. The van der Waals surface area contributed by atoms with Gasteiger partial charge in [0, 0.05) is 27.5 Å². The third kappa shape index (κ3) is 1.49. The van der Waals surface area contributed by atoms with Crippen molar-refractivity contribution in [2.75, 3.05) is 6.54 Å². The largest absolute Gasteiger partial charge is 0.357 e. The highest BCUT2D eigenvalue weighted by Crippen LogP contribution is 2.27. The fourth-order valence-electron chi connectivity index (χ4n) is 1.48. The lowest BCUT2D eigenvalue weighted by molar-refractivity contribution is 0.934. The highest BCUT2D eigenvalue weighted by molar-refractivity contribution is 9.10. The highest BCUT2D eigenvalue weighted by Gasteiger charge is 2.06. The number of para-hydroxylation sites is 1. The van der Waals surface area contributed by atoms with E-state index < -0.39 is 0 Å². The number of hydrogen-bond donors (Lipinski definition) is 2. The van der Waals surface area contributed by atoms with Crippen LogP contribution in [0.15, 0.2) is 28.7 Å². The van der Waals surface area contributed by atoms with Crippen LogP contribution in [0.5, 0.6) is 0 Å². The Kier molecular flexibility index (Phi) is 2.38. The molecule has 0 bridgehead atoms. The van der Waals surface area contributed by atoms with E-state index in [2.05, 4.69) is 33.0 Å². The van der Waals surface area contributed by atoms with Crippen LogP contribution in [-0.2, 0) is 6.42 Å². The van der Waals surface area contributed by atoms with Crippen LogP contribution in [0.2, 0.25) is 0 Å². The Balaban J connectivity index is 2.60. The summed E-state index contributed by atoms with van der Waals surface area (Å²) in [4.78, 5) is 3.34. The van der Waals surface area contributed by atoms with Crippen LogP contribution < -0.4 is 5.73 Å². The topological polar surface area (TPSA) is 41.8 Å². The minimum absolute atomic E-state index is 0.672. The Hall–Kier alpha value is -0.800. The van der Waals surface area contributed by atoms with Crippen LogP contribution in [0.25, 0.3) is 10.9 Å². The first-order valence-electron chi connectivity index (χ1n) is 4.28. The molecule has 0 fully saturated rings. The molecule has 0 amide bonds. The molecule has 1 aromatic carbocycles. The molecule has 2 nitrogen and oxygen atoms in total. The van der Waals surface area contributed by atoms with Crippen molar-refractivity contribution >= 4 is 26.8 Å². The standard InChI is InChI=1S/C10H11BrN2/c11-10-7-3-1-2-4-8(7)13-9(10)5-6-12/h1-4,13H,5-6,12H2. The normalized spacial score (nSPS) is 10.9. The molecule has 2 aromatic rings. The van der Waals surface area contributed by atoms with Gasteiger partial charge in [-0.05, 0) is 28.5 Å². The molecule has 0 unspecified atom stereocenters. The van der Waals surface area contributed by atoms with Crippen molar-refractivity contribution in [3.8, 4) is 0 Å². The highest BCUT2D eigenvalue weighted by atomic mass is 79.9. The van der Waals surface area contributed by atoms with Crippen molar-refractivity contribution in [2.45, 2.75) is 6.42 Å². The van der Waals surface area contributed by atoms with Gasteiger partial charge in [0.1, 0.15) is 0 Å². The molecule has 3 N–H and O–H groups in total. The van der Waals surface area contributed by atoms with Gasteiger partial charge in [-0.1, -0.05) is 18.2 Å². The number of rotatable bonds is 2. The number of halogens is 1. The van der Waals surface area contributed by atoms with Crippen LogP contribution >= 0.6 is 15.9 Å². The third-order valence-corrected chi connectivity index (χ3v) is 3.01. The number of fused-ring (bicyclic) bond motifs is 1. The quantitative estimate of drug-likeness (QED) is 0.830. The lowest BCUT2D eigenvalue weighted by Crippen LogP contribution is -2.03. The summed E-state index contributed by atoms with van der Waals surface area (Å²) in [6.45, 7) is 0.672. The average Bonchev–Trinajstić information content (AvgIpc) is 2.46. The third-order valence-electron chi connectivity index (χ3n) is 2.11. The first kappa shape index (κ1) is 8.78. The van der Waals surface area contributed by atoms with Crippen LogP contribution in [0.4, 0.5) is 0 Å². The molecule has 0 saturated carbocycles. The maximum Gasteiger partial charge on any atom is 0.0467 e. The predicted molar refractivity (Wildman–Crippen MR) is 58.8 cm³/mol. The van der Waals surface area contributed by atoms with Gasteiger partial charge in [-0.15, -0.1) is 0 Å². The number of benzene rings is 1. The molecule has 0 atom stereocenters. The number of nitrogens with one attached hydrogen (secondary N) is 1. The molecule has 1 heterocycles. The molecule has 0 aliphatic heterocycles. The van der Waals surface area contributed by atoms with Gasteiger partial charge in [-0.25, -0.2) is 0 Å². The van der Waals surface area contributed by atoms with Crippen molar-refractivity contribution < 1.29 is 0 Å². The Morgan fingerprint density at radius 3 is 2.77 bits per heavy atom. The fraction of sp³-hybridized carbons (Fsp3) is 0.200. The molecule has 2 rings (SSSR count). The zero-order chi connectivity index (χ0) is 9.26. The second-order valence-corrected chi connectivity index (χ2v) is 3.79. The molecular weight excluding hydrogens is 228 g/mol. The maximum atomic E-state index is 5.51. The average molecular weight is 239 g/mol. The van der Waals surface area contributed by atoms with E-state index in [0.717, 1.165) is 16.4 Å². The van der Waals surface area contributed by atoms with Crippen molar-refractivity contribution in [1.82, 2.24) is 4.98 Å². The first-order chi connectivity index (χ1) is 6.33. The lowest BCUT2D eigenvalue weighted by atomic mass is 10.2. The number of hydrogen-bond acceptors (Lipinski definition) is 1. The Bertz CT molecular complexity index is 420. The predicted octanol–water partition coefficient (Wildman–Crippen LogP) is 2.43. The Labute approximate surface area is 85.3 Å². The van der Waals surface area contributed by atoms with Crippen LogP contribution in [0.1, 0.15) is 5.69 Å². The molecule has 0 aliphatic carbocycles. The number of aromatic nitrogens is 1. The summed E-state index contributed by atoms with van der Waals surface area (Å²) in [5, 5.41) is 1.23. The van der Waals surface area contributed by atoms with Crippen molar-refractivity contribution in [2.24, 2.45) is 5.73 Å². The summed E-state index contributed by atoms with van der Waals surface area (Å²) in [5.41, 5.74) is 7.86. The van der Waals surface area contributed by atoms with E-state index in [1.54, 1.807) is 0 Å². The van der Waals surface area contributed by atoms with Gasteiger partial charge in [-0.2, -0.15) is 0 Å². The van der Waals surface area contributed by atoms with Crippen molar-refractivity contribution in [3.05, 3.63) is 34.4 Å². The van der Waals surface area contributed by atoms with Gasteiger partial charge >= 0.3 is 0 Å². The van der Waals surface area contributed by atoms with E-state index in [9.17, 15) is 0 Å². The van der Waals surface area contributed by atoms with Crippen molar-refractivity contribution in [3.63, 3.8) is 0 Å². The van der Waals surface area contributed by atoms with Gasteiger partial charge in [0.15, 0.2) is 0 Å². The summed E-state index contributed by atoms with van der Waals surface area (Å²) >= 11 is 3.57. The van der Waals surface area contributed by atoms with Crippen LogP contribution in [0.3, 0.4) is 0 Å². The summed E-state index contributed by atoms with van der Waals surface area (Å²) in [5.74, 6) is 0. The molecule has 0 spiro atoms. The molecule has 0 aliphatic rings. The fourth-order valence-corrected chi connectivity index (χ4v) is 2.12. The SMILES string of the molecule is NCCc1[nH]c2ccccc2c1Br. The Morgan fingerprint density at radius 2 is 2.08 bits per heavy atom. The van der Waals surface area contributed by atoms with E-state index in [1.807, 2.05) is 12.1 Å². The van der Waals surface area contributed by atoms with Crippen molar-refractivity contribution in [1.29, 1.82) is 0 Å². The van der Waals surface area contributed by atoms with Gasteiger partial charge in [0.25, 0.3) is 0 Å². The van der Waals surface area contributed by atoms with E-state index >= 15 is 0 Å². The molecule has 0 radical (unpaired) electrons. The second kappa shape index (κ2) is 3.52. The van der Waals surface area contributed by atoms with E-state index in [-0.39, 0.29) is 0 Å². The van der Waals surface area contributed by atoms with Crippen LogP contribution in [-0.4, -0.2) is 11.5 Å². The minimum Gasteiger partial charge on any atom is -0.357 e. The van der Waals surface area contributed by atoms with Crippen LogP contribution in [0, 0.1) is 0 Å². The zero-order valence-corrected chi connectivity index (χ0v) is 8.76. The molecule has 68 valence electrons. The van der Waals surface area contributed by atoms with E-state index in [1.165, 1.54) is 11.1 Å². The lowest BCUT2D eigenvalue weighted by Gasteiger charge is -1.93. The zero-order valence-electron chi connectivity index (χ0n) is 7.18. The molecule has 3 heteroatoms. The van der Waals surface area contributed by atoms with Gasteiger partial charge < -0.3 is 10.7 Å². The first-order valence-corrected chi connectivity index (χ1v) is 5.07. The summed E-state index contributed by atoms with van der Waals surface area (Å²) < 4.78 is 1.15. The number of H-pyrrole nitrogens is 1. The molecular formula is C10H11BrN2. The maximum absolute atomic E-state index is 5.51. The van der Waals surface area contributed by atoms with E-state index in [0.29, 0.717) is 6.54 Å². The van der Waals surface area contributed by atoms with E-state index in [4.69, 9.17) is 5.73 Å². The molecule has 13 heavy (non-hydrogen) atoms. The summed E-state index contributed by atoms with van der Waals surface area (Å²) in [6.07, 6.45) is 0.884. The number of aromatic amines is 1. The number of nitrogens with two attached hydrogens (primary N) is 1. The second-order valence-electron chi connectivity index (χ2n) is 3.00. The van der Waals surface area contributed by atoms with Gasteiger partial charge in [0.2, 0.25) is 0 Å².